The summed E-state index contributed by atoms with van der Waals surface area (Å²) in [6, 6.07) is 3.65. The molecule has 5 nitrogen and oxygen atoms in total. The van der Waals surface area contributed by atoms with Crippen LogP contribution in [0.5, 0.6) is 0 Å². The minimum atomic E-state index is -3.52. The van der Waals surface area contributed by atoms with E-state index >= 15 is 0 Å². The maximum atomic E-state index is 12.8. The van der Waals surface area contributed by atoms with Crippen LogP contribution in [0.3, 0.4) is 0 Å². The van der Waals surface area contributed by atoms with Crippen molar-refractivity contribution in [1.29, 1.82) is 0 Å². The number of nitrogens with zero attached hydrogens (tertiary/aromatic N) is 1. The van der Waals surface area contributed by atoms with Crippen molar-refractivity contribution >= 4 is 15.7 Å². The highest BCUT2D eigenvalue weighted by Crippen LogP contribution is 2.30. The summed E-state index contributed by atoms with van der Waals surface area (Å²) in [6.45, 7) is 4.57. The molecule has 112 valence electrons. The number of nitrogens with two attached hydrogens (primary N) is 1. The van der Waals surface area contributed by atoms with Crippen molar-refractivity contribution in [1.82, 2.24) is 4.31 Å². The standard InChI is InChI=1S/C14H22N2O3S/c1-10-4-5-11(2)14(13(10)15)20(17,18)16-8-6-12(19-3)7-9-16/h4-5,12H,6-9,15H2,1-3H3. The van der Waals surface area contributed by atoms with Gasteiger partial charge in [0.1, 0.15) is 4.90 Å². The molecular weight excluding hydrogens is 276 g/mol. The number of hydrogen-bond donors (Lipinski definition) is 1. The molecule has 0 spiro atoms. The number of rotatable bonds is 3. The molecule has 1 heterocycles. The third-order valence-electron chi connectivity index (χ3n) is 3.94. The second-order valence-corrected chi connectivity index (χ2v) is 7.16. The molecule has 0 bridgehead atoms. The molecule has 2 rings (SSSR count). The van der Waals surface area contributed by atoms with Gasteiger partial charge in [-0.15, -0.1) is 0 Å². The monoisotopic (exact) mass is 298 g/mol. The van der Waals surface area contributed by atoms with Crippen molar-refractivity contribution < 1.29 is 13.2 Å². The van der Waals surface area contributed by atoms with E-state index in [-0.39, 0.29) is 11.0 Å². The number of piperidine rings is 1. The molecule has 1 aliphatic rings. The van der Waals surface area contributed by atoms with Crippen LogP contribution in [0.4, 0.5) is 5.69 Å². The minimum Gasteiger partial charge on any atom is -0.397 e. The van der Waals surface area contributed by atoms with Crippen LogP contribution in [-0.4, -0.2) is 39.0 Å². The van der Waals surface area contributed by atoms with Gasteiger partial charge >= 0.3 is 0 Å². The first-order chi connectivity index (χ1) is 9.37. The fourth-order valence-electron chi connectivity index (χ4n) is 2.59. The molecule has 1 aliphatic heterocycles. The van der Waals surface area contributed by atoms with Crippen molar-refractivity contribution in [2.45, 2.75) is 37.7 Å². The summed E-state index contributed by atoms with van der Waals surface area (Å²) in [6.07, 6.45) is 1.60. The Balaban J connectivity index is 2.35. The van der Waals surface area contributed by atoms with Gasteiger partial charge in [0.25, 0.3) is 0 Å². The first-order valence-corrected chi connectivity index (χ1v) is 8.20. The van der Waals surface area contributed by atoms with Gasteiger partial charge < -0.3 is 10.5 Å². The van der Waals surface area contributed by atoms with Crippen molar-refractivity contribution in [3.8, 4) is 0 Å². The topological polar surface area (TPSA) is 72.6 Å². The molecular formula is C14H22N2O3S. The largest absolute Gasteiger partial charge is 0.397 e. The van der Waals surface area contributed by atoms with Gasteiger partial charge in [0.15, 0.2) is 0 Å². The molecule has 0 aliphatic carbocycles. The van der Waals surface area contributed by atoms with E-state index in [0.717, 1.165) is 18.4 Å². The Hall–Kier alpha value is -1.11. The highest BCUT2D eigenvalue weighted by molar-refractivity contribution is 7.89. The highest BCUT2D eigenvalue weighted by atomic mass is 32.2. The summed E-state index contributed by atoms with van der Waals surface area (Å²) in [7, 11) is -1.86. The highest BCUT2D eigenvalue weighted by Gasteiger charge is 2.32. The minimum absolute atomic E-state index is 0.150. The molecule has 2 N–H and O–H groups in total. The van der Waals surface area contributed by atoms with Crippen LogP contribution in [0, 0.1) is 13.8 Å². The molecule has 0 radical (unpaired) electrons. The van der Waals surface area contributed by atoms with E-state index in [9.17, 15) is 8.42 Å². The summed E-state index contributed by atoms with van der Waals surface area (Å²) in [4.78, 5) is 0.258. The van der Waals surface area contributed by atoms with Crippen molar-refractivity contribution in [3.63, 3.8) is 0 Å². The molecule has 6 heteroatoms. The Labute approximate surface area is 120 Å². The molecule has 0 aromatic heterocycles. The van der Waals surface area contributed by atoms with Crippen LogP contribution in [0.25, 0.3) is 0 Å². The zero-order valence-corrected chi connectivity index (χ0v) is 13.0. The number of anilines is 1. The van der Waals surface area contributed by atoms with E-state index in [2.05, 4.69) is 0 Å². The lowest BCUT2D eigenvalue weighted by Gasteiger charge is -2.31. The lowest BCUT2D eigenvalue weighted by atomic mass is 10.1. The number of hydrogen-bond acceptors (Lipinski definition) is 4. The molecule has 20 heavy (non-hydrogen) atoms. The Morgan fingerprint density at radius 2 is 1.75 bits per heavy atom. The van der Waals surface area contributed by atoms with Crippen LogP contribution in [0.15, 0.2) is 17.0 Å². The predicted molar refractivity (Wildman–Crippen MR) is 79.1 cm³/mol. The van der Waals surface area contributed by atoms with E-state index in [0.29, 0.717) is 24.3 Å². The third-order valence-corrected chi connectivity index (χ3v) is 6.05. The van der Waals surface area contributed by atoms with Crippen LogP contribution in [-0.2, 0) is 14.8 Å². The zero-order valence-electron chi connectivity index (χ0n) is 12.2. The Kier molecular flexibility index (Phi) is 4.36. The van der Waals surface area contributed by atoms with Gasteiger partial charge in [-0.3, -0.25) is 0 Å². The van der Waals surface area contributed by atoms with Gasteiger partial charge in [0, 0.05) is 20.2 Å². The second-order valence-electron chi connectivity index (χ2n) is 5.28. The van der Waals surface area contributed by atoms with Gasteiger partial charge in [-0.2, -0.15) is 4.31 Å². The lowest BCUT2D eigenvalue weighted by molar-refractivity contribution is 0.0604. The molecule has 1 aromatic carbocycles. The third kappa shape index (κ3) is 2.68. The van der Waals surface area contributed by atoms with Crippen molar-refractivity contribution in [3.05, 3.63) is 23.3 Å². The SMILES string of the molecule is COC1CCN(S(=O)(=O)c2c(C)ccc(C)c2N)CC1. The molecule has 0 amide bonds. The second kappa shape index (κ2) is 5.71. The van der Waals surface area contributed by atoms with Gasteiger partial charge in [-0.1, -0.05) is 12.1 Å². The summed E-state index contributed by atoms with van der Waals surface area (Å²) in [5.41, 5.74) is 7.85. The Morgan fingerprint density at radius 1 is 1.20 bits per heavy atom. The summed E-state index contributed by atoms with van der Waals surface area (Å²) in [5, 5.41) is 0. The average Bonchev–Trinajstić information content (AvgIpc) is 2.43. The van der Waals surface area contributed by atoms with E-state index in [1.54, 1.807) is 20.1 Å². The van der Waals surface area contributed by atoms with Gasteiger partial charge in [0.2, 0.25) is 10.0 Å². The van der Waals surface area contributed by atoms with Crippen molar-refractivity contribution in [2.24, 2.45) is 0 Å². The summed E-state index contributed by atoms with van der Waals surface area (Å²) >= 11 is 0. The number of ether oxygens (including phenoxy) is 1. The lowest BCUT2D eigenvalue weighted by Crippen LogP contribution is -2.41. The molecule has 1 saturated heterocycles. The fraction of sp³-hybridized carbons (Fsp3) is 0.571. The van der Waals surface area contributed by atoms with E-state index in [4.69, 9.17) is 10.5 Å². The van der Waals surface area contributed by atoms with E-state index < -0.39 is 10.0 Å². The number of benzene rings is 1. The van der Waals surface area contributed by atoms with Gasteiger partial charge in [0.05, 0.1) is 11.8 Å². The van der Waals surface area contributed by atoms with Crippen LogP contribution < -0.4 is 5.73 Å². The number of methoxy groups -OCH3 is 1. The number of sulfonamides is 1. The zero-order chi connectivity index (χ0) is 14.9. The van der Waals surface area contributed by atoms with Crippen LogP contribution in [0.1, 0.15) is 24.0 Å². The molecule has 0 atom stereocenters. The summed E-state index contributed by atoms with van der Waals surface area (Å²) < 4.78 is 32.4. The smallest absolute Gasteiger partial charge is 0.245 e. The first kappa shape index (κ1) is 15.3. The number of aryl methyl sites for hydroxylation is 2. The molecule has 1 aromatic rings. The Bertz CT molecular complexity index is 591. The molecule has 0 saturated carbocycles. The quantitative estimate of drug-likeness (QED) is 0.862. The van der Waals surface area contributed by atoms with E-state index in [1.807, 2.05) is 13.0 Å². The Morgan fingerprint density at radius 3 is 2.30 bits per heavy atom. The van der Waals surface area contributed by atoms with Gasteiger partial charge in [-0.05, 0) is 37.8 Å². The number of nitrogen functional groups attached to an aromatic ring is 1. The van der Waals surface area contributed by atoms with Crippen molar-refractivity contribution in [2.75, 3.05) is 25.9 Å². The van der Waals surface area contributed by atoms with Crippen LogP contribution in [0.2, 0.25) is 0 Å². The first-order valence-electron chi connectivity index (χ1n) is 6.76. The molecule has 1 fully saturated rings. The average molecular weight is 298 g/mol. The maximum Gasteiger partial charge on any atom is 0.245 e. The molecule has 0 unspecified atom stereocenters. The maximum absolute atomic E-state index is 12.8. The summed E-state index contributed by atoms with van der Waals surface area (Å²) in [5.74, 6) is 0. The van der Waals surface area contributed by atoms with Gasteiger partial charge in [-0.25, -0.2) is 8.42 Å². The van der Waals surface area contributed by atoms with E-state index in [1.165, 1.54) is 4.31 Å². The van der Waals surface area contributed by atoms with Crippen LogP contribution >= 0.6 is 0 Å². The fourth-order valence-corrected chi connectivity index (χ4v) is 4.45. The normalized spacial score (nSPS) is 18.4. The predicted octanol–water partition coefficient (Wildman–Crippen LogP) is 1.69.